The van der Waals surface area contributed by atoms with Crippen molar-refractivity contribution in [1.29, 1.82) is 0 Å². The summed E-state index contributed by atoms with van der Waals surface area (Å²) in [6.07, 6.45) is 3.92. The molecule has 0 radical (unpaired) electrons. The van der Waals surface area contributed by atoms with Gasteiger partial charge in [-0.25, -0.2) is 0 Å². The van der Waals surface area contributed by atoms with Crippen molar-refractivity contribution in [3.63, 3.8) is 0 Å². The molecular formula is C9H18N2S. The summed E-state index contributed by atoms with van der Waals surface area (Å²) in [6.45, 7) is 6.51. The maximum Gasteiger partial charge on any atom is 0.0928 e. The van der Waals surface area contributed by atoms with Gasteiger partial charge in [-0.1, -0.05) is 18.6 Å². The molecule has 0 atom stereocenters. The van der Waals surface area contributed by atoms with Crippen molar-refractivity contribution in [2.24, 2.45) is 5.73 Å². The van der Waals surface area contributed by atoms with Crippen molar-refractivity contribution in [2.45, 2.75) is 38.6 Å². The molecule has 1 fully saturated rings. The number of likely N-dealkylation sites (tertiary alicyclic amines) is 1. The summed E-state index contributed by atoms with van der Waals surface area (Å²) in [4.78, 5) is 3.00. The molecule has 0 unspecified atom stereocenters. The molecule has 1 aliphatic heterocycles. The van der Waals surface area contributed by atoms with E-state index in [1.54, 1.807) is 0 Å². The van der Waals surface area contributed by atoms with Gasteiger partial charge in [0.1, 0.15) is 0 Å². The Morgan fingerprint density at radius 2 is 1.75 bits per heavy atom. The summed E-state index contributed by atoms with van der Waals surface area (Å²) in [5, 5.41) is 0. The van der Waals surface area contributed by atoms with E-state index in [4.69, 9.17) is 18.0 Å². The van der Waals surface area contributed by atoms with E-state index in [0.717, 1.165) is 13.1 Å². The highest BCUT2D eigenvalue weighted by Gasteiger charge is 2.30. The van der Waals surface area contributed by atoms with Crippen LogP contribution in [0.25, 0.3) is 0 Å². The normalized spacial score (nSPS) is 20.8. The smallest absolute Gasteiger partial charge is 0.0928 e. The molecule has 1 aliphatic rings. The molecule has 0 aliphatic carbocycles. The summed E-state index contributed by atoms with van der Waals surface area (Å²) >= 11 is 5.05. The van der Waals surface area contributed by atoms with E-state index in [9.17, 15) is 0 Å². The molecule has 0 amide bonds. The third-order valence-electron chi connectivity index (χ3n) is 2.75. The van der Waals surface area contributed by atoms with E-state index in [2.05, 4.69) is 18.7 Å². The second-order valence-corrected chi connectivity index (χ2v) is 4.41. The summed E-state index contributed by atoms with van der Waals surface area (Å²) in [7, 11) is 0. The van der Waals surface area contributed by atoms with Crippen LogP contribution in [0.2, 0.25) is 0 Å². The minimum atomic E-state index is -0.0875. The zero-order chi connectivity index (χ0) is 9.19. The molecule has 1 saturated heterocycles. The second kappa shape index (κ2) is 3.71. The van der Waals surface area contributed by atoms with Gasteiger partial charge in [0.2, 0.25) is 0 Å². The van der Waals surface area contributed by atoms with Crippen LogP contribution in [0.15, 0.2) is 0 Å². The largest absolute Gasteiger partial charge is 0.392 e. The van der Waals surface area contributed by atoms with Gasteiger partial charge in [0.05, 0.1) is 10.5 Å². The monoisotopic (exact) mass is 186 g/mol. The molecule has 3 heteroatoms. The number of piperidine rings is 1. The number of nitrogens with zero attached hydrogens (tertiary/aromatic N) is 1. The first-order chi connectivity index (χ1) is 5.55. The average molecular weight is 186 g/mol. The summed E-state index contributed by atoms with van der Waals surface area (Å²) in [6, 6.07) is 0. The zero-order valence-electron chi connectivity index (χ0n) is 7.97. The van der Waals surface area contributed by atoms with Crippen LogP contribution in [0.4, 0.5) is 0 Å². The molecule has 12 heavy (non-hydrogen) atoms. The fourth-order valence-electron chi connectivity index (χ4n) is 1.61. The molecule has 1 rings (SSSR count). The van der Waals surface area contributed by atoms with Crippen LogP contribution in [0.1, 0.15) is 33.1 Å². The quantitative estimate of drug-likeness (QED) is 0.663. The number of hydrogen-bond acceptors (Lipinski definition) is 2. The van der Waals surface area contributed by atoms with E-state index in [1.165, 1.54) is 19.3 Å². The van der Waals surface area contributed by atoms with Gasteiger partial charge in [-0.3, -0.25) is 4.90 Å². The van der Waals surface area contributed by atoms with Crippen LogP contribution in [0.3, 0.4) is 0 Å². The zero-order valence-corrected chi connectivity index (χ0v) is 8.78. The topological polar surface area (TPSA) is 29.3 Å². The Hall–Kier alpha value is -0.150. The highest BCUT2D eigenvalue weighted by atomic mass is 32.1. The lowest BCUT2D eigenvalue weighted by atomic mass is 9.99. The Bertz CT molecular complexity index is 171. The molecule has 2 N–H and O–H groups in total. The Kier molecular flexibility index (Phi) is 3.07. The maximum absolute atomic E-state index is 5.69. The molecule has 0 aromatic carbocycles. The van der Waals surface area contributed by atoms with E-state index < -0.39 is 0 Å². The van der Waals surface area contributed by atoms with E-state index in [-0.39, 0.29) is 5.54 Å². The lowest BCUT2D eigenvalue weighted by Crippen LogP contribution is -2.54. The van der Waals surface area contributed by atoms with Gasteiger partial charge in [-0.15, -0.1) is 0 Å². The molecule has 70 valence electrons. The Morgan fingerprint density at radius 3 is 2.17 bits per heavy atom. The molecule has 1 heterocycles. The number of nitrogens with two attached hydrogens (primary N) is 1. The van der Waals surface area contributed by atoms with E-state index >= 15 is 0 Å². The first-order valence-electron chi connectivity index (χ1n) is 4.60. The molecule has 0 saturated carbocycles. The average Bonchev–Trinajstić information content (AvgIpc) is 2.06. The van der Waals surface area contributed by atoms with Crippen molar-refractivity contribution < 1.29 is 0 Å². The first-order valence-corrected chi connectivity index (χ1v) is 5.01. The number of rotatable bonds is 2. The highest BCUT2D eigenvalue weighted by molar-refractivity contribution is 7.80. The van der Waals surface area contributed by atoms with Gasteiger partial charge in [0.25, 0.3) is 0 Å². The summed E-state index contributed by atoms with van der Waals surface area (Å²) < 4.78 is 0. The SMILES string of the molecule is CC(C)(C(N)=S)N1CCCCC1. The fraction of sp³-hybridized carbons (Fsp3) is 0.889. The van der Waals surface area contributed by atoms with E-state index in [0.29, 0.717) is 4.99 Å². The van der Waals surface area contributed by atoms with Gasteiger partial charge in [0.15, 0.2) is 0 Å². The summed E-state index contributed by atoms with van der Waals surface area (Å²) in [5.74, 6) is 0. The molecule has 2 nitrogen and oxygen atoms in total. The van der Waals surface area contributed by atoms with Crippen molar-refractivity contribution in [2.75, 3.05) is 13.1 Å². The van der Waals surface area contributed by atoms with Gasteiger partial charge in [-0.05, 0) is 39.8 Å². The van der Waals surface area contributed by atoms with E-state index in [1.807, 2.05) is 0 Å². The Morgan fingerprint density at radius 1 is 1.25 bits per heavy atom. The van der Waals surface area contributed by atoms with Crippen LogP contribution in [-0.2, 0) is 0 Å². The first kappa shape index (κ1) is 9.93. The van der Waals surface area contributed by atoms with Crippen molar-refractivity contribution in [3.8, 4) is 0 Å². The minimum absolute atomic E-state index is 0.0875. The minimum Gasteiger partial charge on any atom is -0.392 e. The van der Waals surface area contributed by atoms with Gasteiger partial charge in [-0.2, -0.15) is 0 Å². The van der Waals surface area contributed by atoms with Crippen LogP contribution in [-0.4, -0.2) is 28.5 Å². The van der Waals surface area contributed by atoms with Crippen molar-refractivity contribution in [3.05, 3.63) is 0 Å². The van der Waals surface area contributed by atoms with Crippen LogP contribution in [0.5, 0.6) is 0 Å². The maximum atomic E-state index is 5.69. The van der Waals surface area contributed by atoms with Crippen LogP contribution in [0, 0.1) is 0 Å². The van der Waals surface area contributed by atoms with Crippen molar-refractivity contribution in [1.82, 2.24) is 4.90 Å². The highest BCUT2D eigenvalue weighted by Crippen LogP contribution is 2.20. The van der Waals surface area contributed by atoms with Crippen LogP contribution < -0.4 is 5.73 Å². The lowest BCUT2D eigenvalue weighted by molar-refractivity contribution is 0.147. The lowest BCUT2D eigenvalue weighted by Gasteiger charge is -2.40. The number of hydrogen-bond donors (Lipinski definition) is 1. The van der Waals surface area contributed by atoms with Crippen LogP contribution >= 0.6 is 12.2 Å². The molecular weight excluding hydrogens is 168 g/mol. The Labute approximate surface area is 80.1 Å². The van der Waals surface area contributed by atoms with Gasteiger partial charge < -0.3 is 5.73 Å². The molecule has 0 spiro atoms. The fourth-order valence-corrected chi connectivity index (χ4v) is 1.74. The number of thiocarbonyl (C=S) groups is 1. The third kappa shape index (κ3) is 1.96. The van der Waals surface area contributed by atoms with Crippen molar-refractivity contribution >= 4 is 17.2 Å². The molecule has 0 aromatic rings. The molecule has 0 aromatic heterocycles. The second-order valence-electron chi connectivity index (χ2n) is 3.97. The predicted octanol–water partition coefficient (Wildman–Crippen LogP) is 1.54. The third-order valence-corrected chi connectivity index (χ3v) is 3.25. The van der Waals surface area contributed by atoms with Gasteiger partial charge in [0, 0.05) is 0 Å². The summed E-state index contributed by atoms with van der Waals surface area (Å²) in [5.41, 5.74) is 5.60. The van der Waals surface area contributed by atoms with Gasteiger partial charge >= 0.3 is 0 Å². The Balaban J connectivity index is 2.59. The molecule has 0 bridgehead atoms. The predicted molar refractivity (Wildman–Crippen MR) is 56.3 cm³/mol. The standard InChI is InChI=1S/C9H18N2S/c1-9(2,8(10)12)11-6-4-3-5-7-11/h3-7H2,1-2H3,(H2,10,12).